The van der Waals surface area contributed by atoms with E-state index in [2.05, 4.69) is 9.88 Å². The van der Waals surface area contributed by atoms with Crippen LogP contribution in [-0.4, -0.2) is 58.0 Å². The van der Waals surface area contributed by atoms with Crippen molar-refractivity contribution < 1.29 is 18.6 Å². The Hall–Kier alpha value is -1.38. The van der Waals surface area contributed by atoms with Crippen LogP contribution in [0.2, 0.25) is 0 Å². The molecular weight excluding hydrogens is 332 g/mol. The molecule has 0 amide bonds. The summed E-state index contributed by atoms with van der Waals surface area (Å²) in [5.41, 5.74) is -1.66. The predicted molar refractivity (Wildman–Crippen MR) is 87.6 cm³/mol. The van der Waals surface area contributed by atoms with Gasteiger partial charge >= 0.3 is 0 Å². The molecule has 0 aliphatic carbocycles. The SMILES string of the molecule is O=c1cc(C(F)F)ncn1CC1CCN(CC2(O)CCCOC2)CC1. The first-order chi connectivity index (χ1) is 12.0. The minimum absolute atomic E-state index is 0.311. The first-order valence-corrected chi connectivity index (χ1v) is 8.82. The van der Waals surface area contributed by atoms with Gasteiger partial charge in [-0.15, -0.1) is 0 Å². The standard InChI is InChI=1S/C17H25F2N3O3/c18-16(19)14-8-15(23)22(12-20-14)9-13-2-5-21(6-3-13)10-17(24)4-1-7-25-11-17/h8,12-13,16,24H,1-7,9-11H2. The fourth-order valence-corrected chi connectivity index (χ4v) is 3.68. The molecule has 25 heavy (non-hydrogen) atoms. The Bertz CT molecular complexity index is 624. The van der Waals surface area contributed by atoms with Gasteiger partial charge < -0.3 is 14.7 Å². The van der Waals surface area contributed by atoms with Crippen molar-refractivity contribution in [3.63, 3.8) is 0 Å². The van der Waals surface area contributed by atoms with E-state index in [1.807, 2.05) is 0 Å². The van der Waals surface area contributed by atoms with E-state index in [0.717, 1.165) is 51.4 Å². The van der Waals surface area contributed by atoms with Crippen LogP contribution < -0.4 is 5.56 Å². The molecule has 2 aliphatic heterocycles. The molecular formula is C17H25F2N3O3. The third-order valence-electron chi connectivity index (χ3n) is 5.11. The number of aromatic nitrogens is 2. The molecule has 0 bridgehead atoms. The molecule has 2 fully saturated rings. The molecule has 1 unspecified atom stereocenters. The highest BCUT2D eigenvalue weighted by Gasteiger charge is 2.33. The zero-order chi connectivity index (χ0) is 17.9. The molecule has 1 atom stereocenters. The molecule has 1 aromatic rings. The lowest BCUT2D eigenvalue weighted by molar-refractivity contribution is -0.103. The number of likely N-dealkylation sites (tertiary alicyclic amines) is 1. The zero-order valence-corrected chi connectivity index (χ0v) is 14.2. The predicted octanol–water partition coefficient (Wildman–Crippen LogP) is 1.43. The lowest BCUT2D eigenvalue weighted by Crippen LogP contribution is -2.50. The van der Waals surface area contributed by atoms with E-state index in [1.54, 1.807) is 0 Å². The summed E-state index contributed by atoms with van der Waals surface area (Å²) in [6.45, 7) is 3.93. The van der Waals surface area contributed by atoms with Crippen molar-refractivity contribution >= 4 is 0 Å². The third-order valence-corrected chi connectivity index (χ3v) is 5.11. The summed E-state index contributed by atoms with van der Waals surface area (Å²) in [5.74, 6) is 0.311. The van der Waals surface area contributed by atoms with Gasteiger partial charge in [-0.2, -0.15) is 0 Å². The molecule has 0 radical (unpaired) electrons. The normalized spacial score (nSPS) is 26.2. The Morgan fingerprint density at radius 2 is 2.16 bits per heavy atom. The number of piperidine rings is 1. The number of nitrogens with zero attached hydrogens (tertiary/aromatic N) is 3. The molecule has 0 spiro atoms. The second kappa shape index (κ2) is 7.88. The highest BCUT2D eigenvalue weighted by Crippen LogP contribution is 2.24. The summed E-state index contributed by atoms with van der Waals surface area (Å²) in [4.78, 5) is 17.8. The smallest absolute Gasteiger partial charge is 0.280 e. The molecule has 2 saturated heterocycles. The van der Waals surface area contributed by atoms with Crippen molar-refractivity contribution in [3.8, 4) is 0 Å². The molecule has 3 heterocycles. The van der Waals surface area contributed by atoms with Gasteiger partial charge in [-0.25, -0.2) is 13.8 Å². The monoisotopic (exact) mass is 357 g/mol. The van der Waals surface area contributed by atoms with Gasteiger partial charge in [-0.05, 0) is 44.7 Å². The number of hydrogen-bond acceptors (Lipinski definition) is 5. The minimum Gasteiger partial charge on any atom is -0.386 e. The van der Waals surface area contributed by atoms with Crippen molar-refractivity contribution in [2.24, 2.45) is 5.92 Å². The molecule has 3 rings (SSSR count). The van der Waals surface area contributed by atoms with Crippen LogP contribution in [0.3, 0.4) is 0 Å². The maximum atomic E-state index is 12.6. The van der Waals surface area contributed by atoms with Gasteiger partial charge in [-0.1, -0.05) is 0 Å². The maximum absolute atomic E-state index is 12.6. The zero-order valence-electron chi connectivity index (χ0n) is 14.2. The van der Waals surface area contributed by atoms with Crippen LogP contribution in [-0.2, 0) is 11.3 Å². The van der Waals surface area contributed by atoms with Crippen molar-refractivity contribution in [2.45, 2.75) is 44.3 Å². The molecule has 1 N–H and O–H groups in total. The van der Waals surface area contributed by atoms with Crippen LogP contribution in [0.15, 0.2) is 17.2 Å². The average molecular weight is 357 g/mol. The highest BCUT2D eigenvalue weighted by atomic mass is 19.3. The molecule has 0 saturated carbocycles. The van der Waals surface area contributed by atoms with Gasteiger partial charge in [0.2, 0.25) is 0 Å². The second-order valence-corrected chi connectivity index (χ2v) is 7.21. The third kappa shape index (κ3) is 4.83. The van der Waals surface area contributed by atoms with E-state index in [4.69, 9.17) is 4.74 Å². The number of alkyl halides is 2. The van der Waals surface area contributed by atoms with E-state index in [9.17, 15) is 18.7 Å². The van der Waals surface area contributed by atoms with Crippen molar-refractivity contribution in [1.29, 1.82) is 0 Å². The number of β-amino-alcohol motifs (C(OH)–C–C–N with tert-alkyl or cyclic N) is 1. The Morgan fingerprint density at radius 3 is 2.76 bits per heavy atom. The molecule has 2 aliphatic rings. The fraction of sp³-hybridized carbons (Fsp3) is 0.765. The molecule has 1 aromatic heterocycles. The van der Waals surface area contributed by atoms with Crippen LogP contribution in [0.1, 0.15) is 37.8 Å². The van der Waals surface area contributed by atoms with E-state index in [0.29, 0.717) is 25.6 Å². The number of ether oxygens (including phenoxy) is 1. The van der Waals surface area contributed by atoms with Gasteiger partial charge in [0.1, 0.15) is 11.3 Å². The summed E-state index contributed by atoms with van der Waals surface area (Å²) in [7, 11) is 0. The molecule has 140 valence electrons. The number of halogens is 2. The minimum atomic E-state index is -2.72. The van der Waals surface area contributed by atoms with E-state index < -0.39 is 23.3 Å². The maximum Gasteiger partial charge on any atom is 0.280 e. The van der Waals surface area contributed by atoms with Crippen molar-refractivity contribution in [2.75, 3.05) is 32.8 Å². The summed E-state index contributed by atoms with van der Waals surface area (Å²) in [6.07, 6.45) is 1.96. The summed E-state index contributed by atoms with van der Waals surface area (Å²) in [6, 6.07) is 0.915. The van der Waals surface area contributed by atoms with Crippen LogP contribution >= 0.6 is 0 Å². The Labute approximate surface area is 145 Å². The Kier molecular flexibility index (Phi) is 5.81. The topological polar surface area (TPSA) is 67.6 Å². The Morgan fingerprint density at radius 1 is 1.40 bits per heavy atom. The molecule has 0 aromatic carbocycles. The van der Waals surface area contributed by atoms with E-state index >= 15 is 0 Å². The van der Waals surface area contributed by atoms with Gasteiger partial charge in [0.15, 0.2) is 0 Å². The number of rotatable bonds is 5. The van der Waals surface area contributed by atoms with Gasteiger partial charge in [-0.3, -0.25) is 9.36 Å². The summed E-state index contributed by atoms with van der Waals surface area (Å²) < 4.78 is 31.9. The van der Waals surface area contributed by atoms with Crippen LogP contribution in [0.4, 0.5) is 8.78 Å². The number of aliphatic hydroxyl groups is 1. The summed E-state index contributed by atoms with van der Waals surface area (Å²) in [5, 5.41) is 10.6. The Balaban J connectivity index is 1.50. The molecule has 8 heteroatoms. The van der Waals surface area contributed by atoms with E-state index in [1.165, 1.54) is 10.9 Å². The van der Waals surface area contributed by atoms with Crippen molar-refractivity contribution in [3.05, 3.63) is 28.4 Å². The first-order valence-electron chi connectivity index (χ1n) is 8.82. The average Bonchev–Trinajstić information content (AvgIpc) is 2.58. The quantitative estimate of drug-likeness (QED) is 0.864. The van der Waals surface area contributed by atoms with Crippen LogP contribution in [0.5, 0.6) is 0 Å². The lowest BCUT2D eigenvalue weighted by atomic mass is 9.92. The largest absolute Gasteiger partial charge is 0.386 e. The van der Waals surface area contributed by atoms with E-state index in [-0.39, 0.29) is 0 Å². The van der Waals surface area contributed by atoms with Crippen LogP contribution in [0, 0.1) is 5.92 Å². The first kappa shape index (κ1) is 18.4. The van der Waals surface area contributed by atoms with Gasteiger partial charge in [0.05, 0.1) is 12.9 Å². The summed E-state index contributed by atoms with van der Waals surface area (Å²) >= 11 is 0. The van der Waals surface area contributed by atoms with Crippen LogP contribution in [0.25, 0.3) is 0 Å². The van der Waals surface area contributed by atoms with Gasteiger partial charge in [0, 0.05) is 25.8 Å². The fourth-order valence-electron chi connectivity index (χ4n) is 3.68. The lowest BCUT2D eigenvalue weighted by Gasteiger charge is -2.39. The van der Waals surface area contributed by atoms with Crippen molar-refractivity contribution in [1.82, 2.24) is 14.5 Å². The number of hydrogen-bond donors (Lipinski definition) is 1. The molecule has 6 nitrogen and oxygen atoms in total. The second-order valence-electron chi connectivity index (χ2n) is 7.21. The van der Waals surface area contributed by atoms with Gasteiger partial charge in [0.25, 0.3) is 12.0 Å². The highest BCUT2D eigenvalue weighted by molar-refractivity contribution is 5.01.